The summed E-state index contributed by atoms with van der Waals surface area (Å²) in [7, 11) is 0. The molecule has 6 nitrogen and oxygen atoms in total. The van der Waals surface area contributed by atoms with Crippen LogP contribution in [0.2, 0.25) is 0 Å². The van der Waals surface area contributed by atoms with Crippen LogP contribution in [-0.2, 0) is 0 Å². The molecule has 2 aliphatic heterocycles. The largest absolute Gasteiger partial charge is 0.335 e. The molecule has 0 bridgehead atoms. The zero-order valence-corrected chi connectivity index (χ0v) is 14.0. The standard InChI is InChI=1S/C18H23N5O/c1-13-6-4-5-9-23(13)14-10-22(11-14)18(24)16-8-3-2-7-15(16)17-19-12-20-21-17/h2-3,7-8,12-14H,4-6,9-11H2,1H3,(H,19,20,21)/t13-/m1/s1. The van der Waals surface area contributed by atoms with E-state index in [9.17, 15) is 4.79 Å². The number of hydrogen-bond acceptors (Lipinski definition) is 4. The zero-order valence-electron chi connectivity index (χ0n) is 14.0. The van der Waals surface area contributed by atoms with Crippen LogP contribution in [0.1, 0.15) is 36.5 Å². The topological polar surface area (TPSA) is 65.1 Å². The SMILES string of the molecule is C[C@@H]1CCCCN1C1CN(C(=O)c2ccccc2-c2ncn[nH]2)C1. The molecule has 0 saturated carbocycles. The van der Waals surface area contributed by atoms with E-state index in [0.29, 0.717) is 23.5 Å². The Balaban J connectivity index is 1.47. The van der Waals surface area contributed by atoms with Crippen molar-refractivity contribution >= 4 is 5.91 Å². The Bertz CT molecular complexity index is 708. The minimum absolute atomic E-state index is 0.0860. The summed E-state index contributed by atoms with van der Waals surface area (Å²) in [4.78, 5) is 21.6. The maximum Gasteiger partial charge on any atom is 0.254 e. The number of rotatable bonds is 3. The molecule has 3 heterocycles. The van der Waals surface area contributed by atoms with Crippen LogP contribution in [-0.4, -0.2) is 62.6 Å². The molecule has 0 spiro atoms. The highest BCUT2D eigenvalue weighted by molar-refractivity contribution is 6.00. The van der Waals surface area contributed by atoms with Gasteiger partial charge in [0, 0.05) is 30.7 Å². The van der Waals surface area contributed by atoms with Crippen molar-refractivity contribution < 1.29 is 4.79 Å². The van der Waals surface area contributed by atoms with Crippen LogP contribution in [0.5, 0.6) is 0 Å². The molecule has 1 amide bonds. The fraction of sp³-hybridized carbons (Fsp3) is 0.500. The van der Waals surface area contributed by atoms with Gasteiger partial charge in [-0.05, 0) is 32.4 Å². The third kappa shape index (κ3) is 2.71. The van der Waals surface area contributed by atoms with E-state index in [1.54, 1.807) is 0 Å². The first kappa shape index (κ1) is 15.3. The zero-order chi connectivity index (χ0) is 16.5. The molecule has 0 radical (unpaired) electrons. The number of nitrogens with one attached hydrogen (secondary N) is 1. The molecule has 0 aliphatic carbocycles. The molecular weight excluding hydrogens is 302 g/mol. The second-order valence-electron chi connectivity index (χ2n) is 6.83. The van der Waals surface area contributed by atoms with Gasteiger partial charge in [-0.1, -0.05) is 24.6 Å². The van der Waals surface area contributed by atoms with E-state index >= 15 is 0 Å². The van der Waals surface area contributed by atoms with Crippen LogP contribution < -0.4 is 0 Å². The monoisotopic (exact) mass is 325 g/mol. The van der Waals surface area contributed by atoms with Crippen molar-refractivity contribution in [2.24, 2.45) is 0 Å². The van der Waals surface area contributed by atoms with Crippen molar-refractivity contribution in [2.75, 3.05) is 19.6 Å². The van der Waals surface area contributed by atoms with Crippen molar-refractivity contribution in [1.82, 2.24) is 25.0 Å². The molecule has 2 aromatic rings. The summed E-state index contributed by atoms with van der Waals surface area (Å²) < 4.78 is 0. The first-order chi connectivity index (χ1) is 11.7. The average molecular weight is 325 g/mol. The number of carbonyl (C=O) groups excluding carboxylic acids is 1. The van der Waals surface area contributed by atoms with Crippen molar-refractivity contribution in [3.05, 3.63) is 36.2 Å². The van der Waals surface area contributed by atoms with Gasteiger partial charge in [-0.15, -0.1) is 0 Å². The summed E-state index contributed by atoms with van der Waals surface area (Å²) in [5.74, 6) is 0.726. The first-order valence-electron chi connectivity index (χ1n) is 8.74. The van der Waals surface area contributed by atoms with E-state index in [0.717, 1.165) is 18.7 Å². The van der Waals surface area contributed by atoms with Crippen molar-refractivity contribution in [1.29, 1.82) is 0 Å². The summed E-state index contributed by atoms with van der Waals surface area (Å²) in [5, 5.41) is 6.74. The molecule has 126 valence electrons. The van der Waals surface area contributed by atoms with Gasteiger partial charge in [0.2, 0.25) is 0 Å². The minimum Gasteiger partial charge on any atom is -0.335 e. The number of nitrogens with zero attached hydrogens (tertiary/aromatic N) is 4. The molecule has 1 aromatic carbocycles. The van der Waals surface area contributed by atoms with E-state index in [1.165, 1.54) is 32.1 Å². The summed E-state index contributed by atoms with van der Waals surface area (Å²) in [6.45, 7) is 5.13. The second-order valence-corrected chi connectivity index (χ2v) is 6.83. The van der Waals surface area contributed by atoms with Crippen LogP contribution in [0.25, 0.3) is 11.4 Å². The van der Waals surface area contributed by atoms with Gasteiger partial charge < -0.3 is 4.90 Å². The van der Waals surface area contributed by atoms with Gasteiger partial charge in [0.25, 0.3) is 5.91 Å². The van der Waals surface area contributed by atoms with Crippen LogP contribution in [0.15, 0.2) is 30.6 Å². The van der Waals surface area contributed by atoms with Gasteiger partial charge in [-0.2, -0.15) is 5.10 Å². The predicted octanol–water partition coefficient (Wildman–Crippen LogP) is 2.17. The minimum atomic E-state index is 0.0860. The Labute approximate surface area is 141 Å². The number of amides is 1. The van der Waals surface area contributed by atoms with Crippen LogP contribution in [0.4, 0.5) is 0 Å². The highest BCUT2D eigenvalue weighted by Crippen LogP contribution is 2.27. The Morgan fingerprint density at radius 2 is 2.08 bits per heavy atom. The van der Waals surface area contributed by atoms with E-state index in [-0.39, 0.29) is 5.91 Å². The smallest absolute Gasteiger partial charge is 0.254 e. The number of likely N-dealkylation sites (tertiary alicyclic amines) is 2. The van der Waals surface area contributed by atoms with Gasteiger partial charge >= 0.3 is 0 Å². The summed E-state index contributed by atoms with van der Waals surface area (Å²) in [5.41, 5.74) is 1.51. The molecule has 1 aromatic heterocycles. The van der Waals surface area contributed by atoms with E-state index in [4.69, 9.17) is 0 Å². The van der Waals surface area contributed by atoms with E-state index < -0.39 is 0 Å². The van der Waals surface area contributed by atoms with Gasteiger partial charge in [-0.25, -0.2) is 4.98 Å². The lowest BCUT2D eigenvalue weighted by Gasteiger charge is -2.49. The molecule has 0 unspecified atom stereocenters. The second kappa shape index (κ2) is 6.36. The quantitative estimate of drug-likeness (QED) is 0.939. The first-order valence-corrected chi connectivity index (χ1v) is 8.74. The van der Waals surface area contributed by atoms with Gasteiger partial charge in [-0.3, -0.25) is 14.8 Å². The van der Waals surface area contributed by atoms with Crippen LogP contribution >= 0.6 is 0 Å². The van der Waals surface area contributed by atoms with Crippen LogP contribution in [0, 0.1) is 0 Å². The molecule has 2 aliphatic rings. The maximum atomic E-state index is 12.9. The average Bonchev–Trinajstić information content (AvgIpc) is 3.09. The van der Waals surface area contributed by atoms with Crippen molar-refractivity contribution in [2.45, 2.75) is 38.3 Å². The normalized spacial score (nSPS) is 22.4. The van der Waals surface area contributed by atoms with Gasteiger partial charge in [0.1, 0.15) is 6.33 Å². The summed E-state index contributed by atoms with van der Waals surface area (Å²) in [6.07, 6.45) is 5.35. The molecule has 1 N–H and O–H groups in total. The van der Waals surface area contributed by atoms with Gasteiger partial charge in [0.05, 0.1) is 5.56 Å². The lowest BCUT2D eigenvalue weighted by atomic mass is 9.96. The van der Waals surface area contributed by atoms with Crippen LogP contribution in [0.3, 0.4) is 0 Å². The number of benzene rings is 1. The fourth-order valence-electron chi connectivity index (χ4n) is 3.88. The number of piperidine rings is 1. The molecule has 2 fully saturated rings. The van der Waals surface area contributed by atoms with Crippen molar-refractivity contribution in [3.8, 4) is 11.4 Å². The van der Waals surface area contributed by atoms with Gasteiger partial charge in [0.15, 0.2) is 5.82 Å². The predicted molar refractivity (Wildman–Crippen MR) is 91.5 cm³/mol. The van der Waals surface area contributed by atoms with Crippen molar-refractivity contribution in [3.63, 3.8) is 0 Å². The Morgan fingerprint density at radius 3 is 2.83 bits per heavy atom. The number of aromatic nitrogens is 3. The van der Waals surface area contributed by atoms with E-state index in [1.807, 2.05) is 29.2 Å². The Hall–Kier alpha value is -2.21. The number of aromatic amines is 1. The highest BCUT2D eigenvalue weighted by Gasteiger charge is 2.38. The molecule has 1 atom stereocenters. The Morgan fingerprint density at radius 1 is 1.25 bits per heavy atom. The maximum absolute atomic E-state index is 12.9. The summed E-state index contributed by atoms with van der Waals surface area (Å²) in [6, 6.07) is 8.76. The number of hydrogen-bond donors (Lipinski definition) is 1. The number of carbonyl (C=O) groups is 1. The molecule has 4 rings (SSSR count). The third-order valence-corrected chi connectivity index (χ3v) is 5.30. The summed E-state index contributed by atoms with van der Waals surface area (Å²) >= 11 is 0. The van der Waals surface area contributed by atoms with E-state index in [2.05, 4.69) is 27.0 Å². The molecular formula is C18H23N5O. The fourth-order valence-corrected chi connectivity index (χ4v) is 3.88. The lowest BCUT2D eigenvalue weighted by molar-refractivity contribution is 0.00217. The number of H-pyrrole nitrogens is 1. The molecule has 2 saturated heterocycles. The highest BCUT2D eigenvalue weighted by atomic mass is 16.2. The molecule has 24 heavy (non-hydrogen) atoms. The molecule has 6 heteroatoms. The Kier molecular flexibility index (Phi) is 4.06. The third-order valence-electron chi connectivity index (χ3n) is 5.30. The lowest BCUT2D eigenvalue weighted by Crippen LogP contribution is -2.63.